The minimum Gasteiger partial charge on any atom is -0.488 e. The number of carbonyl (C=O) groups excluding carboxylic acids is 2. The van der Waals surface area contributed by atoms with Crippen LogP contribution in [0.5, 0.6) is 5.75 Å². The SMILES string of the molecule is NC(=O)NCC1CCCN(C(=O)NCC2Cc3ccccc3O2)C1. The van der Waals surface area contributed by atoms with Gasteiger partial charge in [-0.3, -0.25) is 0 Å². The van der Waals surface area contributed by atoms with Crippen LogP contribution in [0.15, 0.2) is 24.3 Å². The van der Waals surface area contributed by atoms with E-state index in [9.17, 15) is 9.59 Å². The summed E-state index contributed by atoms with van der Waals surface area (Å²) < 4.78 is 5.84. The second-order valence-electron chi connectivity index (χ2n) is 6.44. The number of para-hydroxylation sites is 1. The van der Waals surface area contributed by atoms with E-state index in [1.165, 1.54) is 5.56 Å². The number of nitrogens with zero attached hydrogens (tertiary/aromatic N) is 1. The number of rotatable bonds is 4. The maximum absolute atomic E-state index is 12.4. The first-order valence-corrected chi connectivity index (χ1v) is 8.42. The number of benzene rings is 1. The van der Waals surface area contributed by atoms with Crippen LogP contribution in [0.4, 0.5) is 9.59 Å². The van der Waals surface area contributed by atoms with Gasteiger partial charge in [0.05, 0.1) is 6.54 Å². The molecule has 1 saturated heterocycles. The summed E-state index contributed by atoms with van der Waals surface area (Å²) in [5.41, 5.74) is 6.29. The van der Waals surface area contributed by atoms with Crippen LogP contribution in [0, 0.1) is 5.92 Å². The molecule has 1 fully saturated rings. The average molecular weight is 332 g/mol. The van der Waals surface area contributed by atoms with Crippen LogP contribution in [0.3, 0.4) is 0 Å². The molecule has 2 atom stereocenters. The Morgan fingerprint density at radius 1 is 1.25 bits per heavy atom. The summed E-state index contributed by atoms with van der Waals surface area (Å²) in [6, 6.07) is 7.37. The van der Waals surface area contributed by atoms with Crippen molar-refractivity contribution in [1.82, 2.24) is 15.5 Å². The Labute approximate surface area is 141 Å². The molecule has 2 unspecified atom stereocenters. The number of ether oxygens (including phenoxy) is 1. The van der Waals surface area contributed by atoms with Crippen LogP contribution in [0.25, 0.3) is 0 Å². The van der Waals surface area contributed by atoms with Gasteiger partial charge in [-0.25, -0.2) is 9.59 Å². The van der Waals surface area contributed by atoms with Crippen LogP contribution >= 0.6 is 0 Å². The van der Waals surface area contributed by atoms with Gasteiger partial charge in [0.2, 0.25) is 0 Å². The predicted molar refractivity (Wildman–Crippen MR) is 89.8 cm³/mol. The zero-order chi connectivity index (χ0) is 16.9. The van der Waals surface area contributed by atoms with E-state index in [2.05, 4.69) is 16.7 Å². The molecule has 0 aliphatic carbocycles. The number of carbonyl (C=O) groups is 2. The number of primary amides is 1. The molecule has 2 aliphatic heterocycles. The Kier molecular flexibility index (Phi) is 5.08. The third-order valence-electron chi connectivity index (χ3n) is 4.57. The lowest BCUT2D eigenvalue weighted by molar-refractivity contribution is 0.158. The van der Waals surface area contributed by atoms with E-state index in [-0.39, 0.29) is 18.1 Å². The number of nitrogens with two attached hydrogens (primary N) is 1. The fourth-order valence-corrected chi connectivity index (χ4v) is 3.34. The van der Waals surface area contributed by atoms with Gasteiger partial charge in [0, 0.05) is 26.1 Å². The monoisotopic (exact) mass is 332 g/mol. The van der Waals surface area contributed by atoms with Crippen molar-refractivity contribution in [2.75, 3.05) is 26.2 Å². The van der Waals surface area contributed by atoms with Crippen LogP contribution in [-0.4, -0.2) is 49.2 Å². The molecule has 130 valence electrons. The number of piperidine rings is 1. The molecular weight excluding hydrogens is 308 g/mol. The molecule has 0 bridgehead atoms. The third kappa shape index (κ3) is 4.10. The number of nitrogens with one attached hydrogen (secondary N) is 2. The molecule has 4 amide bonds. The van der Waals surface area contributed by atoms with Crippen LogP contribution in [-0.2, 0) is 6.42 Å². The number of amides is 4. The van der Waals surface area contributed by atoms with Gasteiger partial charge in [-0.05, 0) is 30.4 Å². The molecule has 0 spiro atoms. The van der Waals surface area contributed by atoms with Gasteiger partial charge in [-0.2, -0.15) is 0 Å². The van der Waals surface area contributed by atoms with E-state index in [4.69, 9.17) is 10.5 Å². The van der Waals surface area contributed by atoms with Gasteiger partial charge in [0.1, 0.15) is 11.9 Å². The number of hydrogen-bond acceptors (Lipinski definition) is 3. The largest absolute Gasteiger partial charge is 0.488 e. The van der Waals surface area contributed by atoms with E-state index in [0.29, 0.717) is 19.6 Å². The van der Waals surface area contributed by atoms with Gasteiger partial charge in [0.15, 0.2) is 0 Å². The summed E-state index contributed by atoms with van der Waals surface area (Å²) in [7, 11) is 0. The Morgan fingerprint density at radius 2 is 2.08 bits per heavy atom. The zero-order valence-corrected chi connectivity index (χ0v) is 13.7. The van der Waals surface area contributed by atoms with Crippen molar-refractivity contribution in [3.05, 3.63) is 29.8 Å². The van der Waals surface area contributed by atoms with Gasteiger partial charge in [-0.15, -0.1) is 0 Å². The summed E-state index contributed by atoms with van der Waals surface area (Å²) in [5, 5.41) is 5.59. The topological polar surface area (TPSA) is 96.7 Å². The minimum atomic E-state index is -0.519. The van der Waals surface area contributed by atoms with E-state index >= 15 is 0 Å². The fourth-order valence-electron chi connectivity index (χ4n) is 3.34. The van der Waals surface area contributed by atoms with E-state index in [1.54, 1.807) is 4.90 Å². The summed E-state index contributed by atoms with van der Waals surface area (Å²) in [4.78, 5) is 25.0. The first-order valence-electron chi connectivity index (χ1n) is 8.42. The summed E-state index contributed by atoms with van der Waals surface area (Å²) in [6.45, 7) is 2.39. The van der Waals surface area contributed by atoms with Gasteiger partial charge < -0.3 is 26.0 Å². The number of fused-ring (bicyclic) bond motifs is 1. The Balaban J connectivity index is 1.43. The smallest absolute Gasteiger partial charge is 0.317 e. The molecule has 0 aromatic heterocycles. The molecule has 2 aliphatic rings. The Bertz CT molecular complexity index is 582. The predicted octanol–water partition coefficient (Wildman–Crippen LogP) is 1.08. The molecular formula is C17H24N4O3. The molecule has 1 aromatic rings. The van der Waals surface area contributed by atoms with Gasteiger partial charge >= 0.3 is 12.1 Å². The van der Waals surface area contributed by atoms with Gasteiger partial charge in [0.25, 0.3) is 0 Å². The second kappa shape index (κ2) is 7.42. The molecule has 1 aromatic carbocycles. The first kappa shape index (κ1) is 16.4. The third-order valence-corrected chi connectivity index (χ3v) is 4.57. The second-order valence-corrected chi connectivity index (χ2v) is 6.44. The standard InChI is InChI=1S/C17H24N4O3/c18-16(22)19-9-12-4-3-7-21(11-12)17(23)20-10-14-8-13-5-1-2-6-15(13)24-14/h1-2,5-6,12,14H,3-4,7-11H2,(H,20,23)(H3,18,19,22). The first-order chi connectivity index (χ1) is 11.6. The maximum atomic E-state index is 12.4. The lowest BCUT2D eigenvalue weighted by atomic mass is 9.98. The van der Waals surface area contributed by atoms with Crippen molar-refractivity contribution in [1.29, 1.82) is 0 Å². The summed E-state index contributed by atoms with van der Waals surface area (Å²) in [5.74, 6) is 1.16. The highest BCUT2D eigenvalue weighted by Crippen LogP contribution is 2.27. The van der Waals surface area contributed by atoms with Crippen molar-refractivity contribution in [2.45, 2.75) is 25.4 Å². The normalized spacial score (nSPS) is 22.4. The minimum absolute atomic E-state index is 0.0107. The molecule has 2 heterocycles. The molecule has 0 radical (unpaired) electrons. The fraction of sp³-hybridized carbons (Fsp3) is 0.529. The Morgan fingerprint density at radius 3 is 2.88 bits per heavy atom. The number of likely N-dealkylation sites (tertiary alicyclic amines) is 1. The van der Waals surface area contributed by atoms with Crippen molar-refractivity contribution < 1.29 is 14.3 Å². The quantitative estimate of drug-likeness (QED) is 0.770. The maximum Gasteiger partial charge on any atom is 0.317 e. The zero-order valence-electron chi connectivity index (χ0n) is 13.7. The van der Waals surface area contributed by atoms with E-state index < -0.39 is 6.03 Å². The number of hydrogen-bond donors (Lipinski definition) is 3. The molecule has 4 N–H and O–H groups in total. The summed E-state index contributed by atoms with van der Waals surface area (Å²) >= 11 is 0. The highest BCUT2D eigenvalue weighted by Gasteiger charge is 2.26. The summed E-state index contributed by atoms with van der Waals surface area (Å²) in [6.07, 6.45) is 2.74. The van der Waals surface area contributed by atoms with Crippen LogP contribution in [0.2, 0.25) is 0 Å². The molecule has 0 saturated carbocycles. The van der Waals surface area contributed by atoms with Crippen molar-refractivity contribution in [3.63, 3.8) is 0 Å². The van der Waals surface area contributed by atoms with Crippen molar-refractivity contribution in [3.8, 4) is 5.75 Å². The van der Waals surface area contributed by atoms with Crippen molar-refractivity contribution in [2.24, 2.45) is 11.7 Å². The average Bonchev–Trinajstić information content (AvgIpc) is 3.01. The molecule has 24 heavy (non-hydrogen) atoms. The number of urea groups is 2. The molecule has 7 heteroatoms. The van der Waals surface area contributed by atoms with Crippen LogP contribution in [0.1, 0.15) is 18.4 Å². The molecule has 7 nitrogen and oxygen atoms in total. The van der Waals surface area contributed by atoms with Gasteiger partial charge in [-0.1, -0.05) is 18.2 Å². The Hall–Kier alpha value is -2.44. The highest BCUT2D eigenvalue weighted by molar-refractivity contribution is 5.74. The lowest BCUT2D eigenvalue weighted by Crippen LogP contribution is -2.49. The van der Waals surface area contributed by atoms with E-state index in [1.807, 2.05) is 18.2 Å². The van der Waals surface area contributed by atoms with E-state index in [0.717, 1.165) is 31.6 Å². The highest BCUT2D eigenvalue weighted by atomic mass is 16.5. The lowest BCUT2D eigenvalue weighted by Gasteiger charge is -2.33. The van der Waals surface area contributed by atoms with Crippen LogP contribution < -0.4 is 21.1 Å². The molecule has 3 rings (SSSR count). The van der Waals surface area contributed by atoms with Crippen molar-refractivity contribution >= 4 is 12.1 Å².